The van der Waals surface area contributed by atoms with Crippen LogP contribution >= 0.6 is 12.2 Å². The molecule has 2 rings (SSSR count). The molecule has 0 heterocycles. The summed E-state index contributed by atoms with van der Waals surface area (Å²) >= 11 is 5.21. The van der Waals surface area contributed by atoms with Crippen LogP contribution in [0, 0.1) is 5.82 Å². The molecule has 0 saturated heterocycles. The lowest BCUT2D eigenvalue weighted by Gasteiger charge is -2.11. The lowest BCUT2D eigenvalue weighted by atomic mass is 10.1. The molecule has 0 saturated carbocycles. The third-order valence-corrected chi connectivity index (χ3v) is 3.21. The van der Waals surface area contributed by atoms with Crippen LogP contribution in [0.25, 0.3) is 0 Å². The molecule has 2 aromatic carbocycles. The maximum atomic E-state index is 13.0. The average molecular weight is 288 g/mol. The van der Waals surface area contributed by atoms with E-state index in [4.69, 9.17) is 12.2 Å². The Morgan fingerprint density at radius 3 is 2.50 bits per heavy atom. The number of rotatable bonds is 4. The Hall–Kier alpha value is -1.94. The molecule has 104 valence electrons. The molecule has 0 aliphatic carbocycles. The van der Waals surface area contributed by atoms with Crippen molar-refractivity contribution in [2.75, 3.05) is 5.32 Å². The average Bonchev–Trinajstić information content (AvgIpc) is 2.46. The first kappa shape index (κ1) is 14.5. The topological polar surface area (TPSA) is 24.1 Å². The van der Waals surface area contributed by atoms with Crippen LogP contribution in [0.5, 0.6) is 0 Å². The maximum absolute atomic E-state index is 13.0. The minimum Gasteiger partial charge on any atom is -0.358 e. The third-order valence-electron chi connectivity index (χ3n) is 2.96. The monoisotopic (exact) mass is 288 g/mol. The van der Waals surface area contributed by atoms with Crippen molar-refractivity contribution < 1.29 is 4.39 Å². The zero-order valence-electron chi connectivity index (χ0n) is 11.3. The van der Waals surface area contributed by atoms with E-state index in [0.717, 1.165) is 17.7 Å². The molecule has 4 heteroatoms. The van der Waals surface area contributed by atoms with Crippen LogP contribution in [-0.4, -0.2) is 5.11 Å². The number of hydrogen-bond acceptors (Lipinski definition) is 1. The predicted octanol–water partition coefficient (Wildman–Crippen LogP) is 3.87. The van der Waals surface area contributed by atoms with Gasteiger partial charge in [0.1, 0.15) is 5.82 Å². The van der Waals surface area contributed by atoms with Gasteiger partial charge in [0.05, 0.1) is 0 Å². The molecule has 0 bridgehead atoms. The second-order valence-corrected chi connectivity index (χ2v) is 4.90. The molecule has 0 aromatic heterocycles. The van der Waals surface area contributed by atoms with Gasteiger partial charge in [0.15, 0.2) is 5.11 Å². The first-order valence-electron chi connectivity index (χ1n) is 6.55. The molecular formula is C16H17FN2S. The number of nitrogens with one attached hydrogen (secondary N) is 2. The van der Waals surface area contributed by atoms with Crippen LogP contribution < -0.4 is 10.6 Å². The standard InChI is InChI=1S/C16H17FN2S/c1-2-12-6-8-15(9-7-12)19-16(20)18-11-13-4-3-5-14(17)10-13/h3-10H,2,11H2,1H3,(H2,18,19,20). The summed E-state index contributed by atoms with van der Waals surface area (Å²) in [5.74, 6) is -0.238. The van der Waals surface area contributed by atoms with E-state index in [1.54, 1.807) is 6.07 Å². The number of halogens is 1. The van der Waals surface area contributed by atoms with Gasteiger partial charge in [-0.2, -0.15) is 0 Å². The van der Waals surface area contributed by atoms with Crippen molar-refractivity contribution in [2.24, 2.45) is 0 Å². The Labute approximate surface area is 124 Å². The molecule has 2 N–H and O–H groups in total. The van der Waals surface area contributed by atoms with Gasteiger partial charge in [-0.25, -0.2) is 4.39 Å². The smallest absolute Gasteiger partial charge is 0.171 e. The van der Waals surface area contributed by atoms with E-state index in [2.05, 4.69) is 29.7 Å². The van der Waals surface area contributed by atoms with E-state index in [1.807, 2.05) is 18.2 Å². The fraction of sp³-hybridized carbons (Fsp3) is 0.188. The van der Waals surface area contributed by atoms with Crippen molar-refractivity contribution in [1.29, 1.82) is 0 Å². The predicted molar refractivity (Wildman–Crippen MR) is 85.3 cm³/mol. The molecule has 0 spiro atoms. The molecule has 0 atom stereocenters. The van der Waals surface area contributed by atoms with Gasteiger partial charge in [-0.3, -0.25) is 0 Å². The molecular weight excluding hydrogens is 271 g/mol. The quantitative estimate of drug-likeness (QED) is 0.835. The van der Waals surface area contributed by atoms with Gasteiger partial charge in [-0.15, -0.1) is 0 Å². The molecule has 0 unspecified atom stereocenters. The fourth-order valence-corrected chi connectivity index (χ4v) is 2.02. The van der Waals surface area contributed by atoms with Gasteiger partial charge in [-0.1, -0.05) is 31.2 Å². The van der Waals surface area contributed by atoms with Crippen molar-refractivity contribution in [3.05, 3.63) is 65.5 Å². The Kier molecular flexibility index (Phi) is 5.07. The molecule has 0 amide bonds. The van der Waals surface area contributed by atoms with Gasteiger partial charge in [0, 0.05) is 12.2 Å². The Morgan fingerprint density at radius 2 is 1.85 bits per heavy atom. The second-order valence-electron chi connectivity index (χ2n) is 4.49. The second kappa shape index (κ2) is 7.01. The Morgan fingerprint density at radius 1 is 1.10 bits per heavy atom. The van der Waals surface area contributed by atoms with Crippen molar-refractivity contribution in [3.63, 3.8) is 0 Å². The highest BCUT2D eigenvalue weighted by Gasteiger charge is 1.99. The summed E-state index contributed by atoms with van der Waals surface area (Å²) in [6.45, 7) is 2.62. The van der Waals surface area contributed by atoms with Gasteiger partial charge in [0.25, 0.3) is 0 Å². The van der Waals surface area contributed by atoms with E-state index in [9.17, 15) is 4.39 Å². The van der Waals surface area contributed by atoms with E-state index in [-0.39, 0.29) is 5.82 Å². The zero-order chi connectivity index (χ0) is 14.4. The highest BCUT2D eigenvalue weighted by molar-refractivity contribution is 7.80. The first-order valence-corrected chi connectivity index (χ1v) is 6.96. The number of thiocarbonyl (C=S) groups is 1. The Bertz CT molecular complexity index is 581. The molecule has 0 aliphatic rings. The van der Waals surface area contributed by atoms with Crippen molar-refractivity contribution >= 4 is 23.0 Å². The van der Waals surface area contributed by atoms with Crippen molar-refractivity contribution in [2.45, 2.75) is 19.9 Å². The van der Waals surface area contributed by atoms with Crippen LogP contribution in [-0.2, 0) is 13.0 Å². The largest absolute Gasteiger partial charge is 0.358 e. The summed E-state index contributed by atoms with van der Waals surface area (Å²) in [5.41, 5.74) is 3.09. The number of aryl methyl sites for hydroxylation is 1. The molecule has 20 heavy (non-hydrogen) atoms. The molecule has 0 fully saturated rings. The van der Waals surface area contributed by atoms with Gasteiger partial charge < -0.3 is 10.6 Å². The summed E-state index contributed by atoms with van der Waals surface area (Å²) in [4.78, 5) is 0. The van der Waals surface area contributed by atoms with Crippen LogP contribution in [0.3, 0.4) is 0 Å². The summed E-state index contributed by atoms with van der Waals surface area (Å²) in [7, 11) is 0. The molecule has 0 radical (unpaired) electrons. The van der Waals surface area contributed by atoms with Crippen LogP contribution in [0.1, 0.15) is 18.1 Å². The van der Waals surface area contributed by atoms with Crippen molar-refractivity contribution in [3.8, 4) is 0 Å². The summed E-state index contributed by atoms with van der Waals surface area (Å²) in [6, 6.07) is 14.6. The highest BCUT2D eigenvalue weighted by Crippen LogP contribution is 2.10. The van der Waals surface area contributed by atoms with E-state index >= 15 is 0 Å². The lowest BCUT2D eigenvalue weighted by molar-refractivity contribution is 0.625. The van der Waals surface area contributed by atoms with Crippen molar-refractivity contribution in [1.82, 2.24) is 5.32 Å². The summed E-state index contributed by atoms with van der Waals surface area (Å²) in [5, 5.41) is 6.69. The number of hydrogen-bond donors (Lipinski definition) is 2. The third kappa shape index (κ3) is 4.31. The summed E-state index contributed by atoms with van der Waals surface area (Å²) < 4.78 is 13.0. The van der Waals surface area contributed by atoms with Gasteiger partial charge in [0.2, 0.25) is 0 Å². The van der Waals surface area contributed by atoms with Gasteiger partial charge in [-0.05, 0) is 54.0 Å². The van der Waals surface area contributed by atoms with Crippen LogP contribution in [0.15, 0.2) is 48.5 Å². The van der Waals surface area contributed by atoms with E-state index < -0.39 is 0 Å². The van der Waals surface area contributed by atoms with Crippen LogP contribution in [0.2, 0.25) is 0 Å². The highest BCUT2D eigenvalue weighted by atomic mass is 32.1. The van der Waals surface area contributed by atoms with Gasteiger partial charge >= 0.3 is 0 Å². The first-order chi connectivity index (χ1) is 9.67. The minimum atomic E-state index is -0.238. The normalized spacial score (nSPS) is 10.1. The van der Waals surface area contributed by atoms with E-state index in [1.165, 1.54) is 17.7 Å². The number of benzene rings is 2. The Balaban J connectivity index is 1.85. The molecule has 2 nitrogen and oxygen atoms in total. The van der Waals surface area contributed by atoms with Crippen LogP contribution in [0.4, 0.5) is 10.1 Å². The SMILES string of the molecule is CCc1ccc(NC(=S)NCc2cccc(F)c2)cc1. The minimum absolute atomic E-state index is 0.238. The molecule has 0 aliphatic heterocycles. The molecule has 2 aromatic rings. The summed E-state index contributed by atoms with van der Waals surface area (Å²) in [6.07, 6.45) is 1.02. The van der Waals surface area contributed by atoms with E-state index in [0.29, 0.717) is 11.7 Å². The lowest BCUT2D eigenvalue weighted by Crippen LogP contribution is -2.27. The fourth-order valence-electron chi connectivity index (χ4n) is 1.83. The maximum Gasteiger partial charge on any atom is 0.171 e. The zero-order valence-corrected chi connectivity index (χ0v) is 12.1. The number of anilines is 1.